The maximum absolute atomic E-state index is 4.56. The molecule has 26 heavy (non-hydrogen) atoms. The normalized spacial score (nSPS) is 24.6. The van der Waals surface area contributed by atoms with Crippen molar-refractivity contribution >= 4 is 45.9 Å². The van der Waals surface area contributed by atoms with Crippen molar-refractivity contribution < 1.29 is 0 Å². The Bertz CT molecular complexity index is 678. The number of rotatable bonds is 4. The number of likely N-dealkylation sites (tertiary alicyclic amines) is 1. The van der Waals surface area contributed by atoms with Crippen LogP contribution in [0, 0.1) is 0 Å². The van der Waals surface area contributed by atoms with Gasteiger partial charge in [-0.3, -0.25) is 9.89 Å². The van der Waals surface area contributed by atoms with E-state index in [1.165, 1.54) is 29.3 Å². The maximum Gasteiger partial charge on any atom is 0.193 e. The first-order valence-electron chi connectivity index (χ1n) is 9.31. The molecule has 4 nitrogen and oxygen atoms in total. The van der Waals surface area contributed by atoms with Crippen LogP contribution in [0.15, 0.2) is 45.9 Å². The summed E-state index contributed by atoms with van der Waals surface area (Å²) in [6.07, 6.45) is 8.32. The molecule has 4 rings (SSSR count). The summed E-state index contributed by atoms with van der Waals surface area (Å²) in [5, 5.41) is 3.67. The first-order valence-corrected chi connectivity index (χ1v) is 10.1. The average Bonchev–Trinajstić information content (AvgIpc) is 3.02. The molecular weight excluding hydrogens is 503 g/mol. The number of hydrogen-bond acceptors (Lipinski definition) is 2. The van der Waals surface area contributed by atoms with E-state index in [1.807, 2.05) is 7.05 Å². The molecule has 1 saturated carbocycles. The molecule has 3 aliphatic rings. The minimum atomic E-state index is 0. The van der Waals surface area contributed by atoms with Crippen molar-refractivity contribution in [2.75, 3.05) is 39.8 Å². The molecule has 0 bridgehead atoms. The Morgan fingerprint density at radius 1 is 1.31 bits per heavy atom. The highest BCUT2D eigenvalue weighted by atomic mass is 127. The summed E-state index contributed by atoms with van der Waals surface area (Å²) in [5.41, 5.74) is 1.73. The van der Waals surface area contributed by atoms with Crippen molar-refractivity contribution in [2.24, 2.45) is 4.99 Å². The van der Waals surface area contributed by atoms with Gasteiger partial charge in [0.25, 0.3) is 0 Å². The van der Waals surface area contributed by atoms with Crippen molar-refractivity contribution in [2.45, 2.75) is 30.7 Å². The summed E-state index contributed by atoms with van der Waals surface area (Å²) in [4.78, 5) is 9.56. The van der Waals surface area contributed by atoms with Crippen LogP contribution in [0.2, 0.25) is 0 Å². The van der Waals surface area contributed by atoms with Crippen LogP contribution in [0.5, 0.6) is 0 Å². The molecule has 0 amide bonds. The molecule has 6 heteroatoms. The van der Waals surface area contributed by atoms with E-state index in [9.17, 15) is 0 Å². The molecule has 1 N–H and O–H groups in total. The topological polar surface area (TPSA) is 30.9 Å². The Labute approximate surface area is 182 Å². The van der Waals surface area contributed by atoms with Gasteiger partial charge in [-0.2, -0.15) is 0 Å². The number of aliphatic imine (C=N–C) groups is 1. The summed E-state index contributed by atoms with van der Waals surface area (Å²) in [5.74, 6) is 1.07. The summed E-state index contributed by atoms with van der Waals surface area (Å²) in [6.45, 7) is 5.38. The molecule has 0 aromatic heterocycles. The predicted molar refractivity (Wildman–Crippen MR) is 123 cm³/mol. The van der Waals surface area contributed by atoms with E-state index in [4.69, 9.17) is 0 Å². The molecule has 1 aliphatic carbocycles. The van der Waals surface area contributed by atoms with E-state index in [0.717, 1.165) is 38.7 Å². The molecule has 1 atom stereocenters. The van der Waals surface area contributed by atoms with E-state index in [1.54, 1.807) is 0 Å². The van der Waals surface area contributed by atoms with Gasteiger partial charge in [-0.25, -0.2) is 0 Å². The summed E-state index contributed by atoms with van der Waals surface area (Å²) < 4.78 is 1.17. The van der Waals surface area contributed by atoms with Gasteiger partial charge in [0, 0.05) is 55.7 Å². The van der Waals surface area contributed by atoms with Crippen LogP contribution < -0.4 is 5.32 Å². The van der Waals surface area contributed by atoms with Crippen LogP contribution in [0.1, 0.15) is 24.8 Å². The lowest BCUT2D eigenvalue weighted by Crippen LogP contribution is -2.45. The highest BCUT2D eigenvalue weighted by molar-refractivity contribution is 14.0. The van der Waals surface area contributed by atoms with Gasteiger partial charge in [-0.05, 0) is 37.0 Å². The highest BCUT2D eigenvalue weighted by Gasteiger charge is 2.44. The lowest BCUT2D eigenvalue weighted by molar-refractivity contribution is 0.259. The third kappa shape index (κ3) is 4.28. The Morgan fingerprint density at radius 2 is 2.08 bits per heavy atom. The largest absolute Gasteiger partial charge is 0.355 e. The number of hydrogen-bond donors (Lipinski definition) is 1. The van der Waals surface area contributed by atoms with Gasteiger partial charge >= 0.3 is 0 Å². The minimum absolute atomic E-state index is 0. The molecule has 2 aliphatic heterocycles. The second-order valence-corrected chi connectivity index (χ2v) is 8.42. The van der Waals surface area contributed by atoms with Crippen LogP contribution >= 0.6 is 39.9 Å². The fourth-order valence-electron chi connectivity index (χ4n) is 4.14. The van der Waals surface area contributed by atoms with E-state index < -0.39 is 0 Å². The fourth-order valence-corrected chi connectivity index (χ4v) is 4.54. The quantitative estimate of drug-likeness (QED) is 0.279. The molecule has 1 unspecified atom stereocenters. The molecule has 1 aromatic carbocycles. The standard InChI is InChI=1S/C20H27BrN4.HI/c1-22-19(25-12-7-18(14-25)24-10-2-3-11-24)23-15-20(8-9-20)16-5-4-6-17(21)13-16;/h2-6,13,18H,7-12,14-15H2,1H3,(H,22,23);1H. The predicted octanol–water partition coefficient (Wildman–Crippen LogP) is 3.62. The summed E-state index contributed by atoms with van der Waals surface area (Å²) >= 11 is 3.61. The van der Waals surface area contributed by atoms with Crippen LogP contribution in [-0.4, -0.2) is 61.6 Å². The van der Waals surface area contributed by atoms with Crippen molar-refractivity contribution in [3.63, 3.8) is 0 Å². The molecule has 0 radical (unpaired) electrons. The number of benzene rings is 1. The van der Waals surface area contributed by atoms with Crippen molar-refractivity contribution in [3.05, 3.63) is 46.5 Å². The average molecular weight is 531 g/mol. The Balaban J connectivity index is 0.00000196. The zero-order valence-corrected chi connectivity index (χ0v) is 19.2. The monoisotopic (exact) mass is 530 g/mol. The SMILES string of the molecule is CN=C(NCC1(c2cccc(Br)c2)CC1)N1CCC(N2CC=CC2)C1.I. The van der Waals surface area contributed by atoms with Gasteiger partial charge in [-0.1, -0.05) is 40.2 Å². The van der Waals surface area contributed by atoms with Crippen LogP contribution in [-0.2, 0) is 5.41 Å². The second kappa shape index (κ2) is 8.61. The van der Waals surface area contributed by atoms with Crippen LogP contribution in [0.25, 0.3) is 0 Å². The third-order valence-corrected chi connectivity index (χ3v) is 6.41. The van der Waals surface area contributed by atoms with Crippen molar-refractivity contribution in [1.29, 1.82) is 0 Å². The molecular formula is C20H28BrIN4. The zero-order valence-electron chi connectivity index (χ0n) is 15.3. The van der Waals surface area contributed by atoms with Gasteiger partial charge in [0.2, 0.25) is 0 Å². The van der Waals surface area contributed by atoms with Crippen molar-refractivity contribution in [3.8, 4) is 0 Å². The van der Waals surface area contributed by atoms with E-state index in [-0.39, 0.29) is 29.4 Å². The van der Waals surface area contributed by atoms with Gasteiger partial charge in [0.1, 0.15) is 0 Å². The summed E-state index contributed by atoms with van der Waals surface area (Å²) in [6, 6.07) is 9.43. The lowest BCUT2D eigenvalue weighted by atomic mass is 9.96. The molecule has 1 saturated heterocycles. The number of nitrogens with one attached hydrogen (secondary N) is 1. The maximum atomic E-state index is 4.56. The Kier molecular flexibility index (Phi) is 6.67. The zero-order chi connectivity index (χ0) is 17.3. The molecule has 0 spiro atoms. The number of guanidine groups is 1. The lowest BCUT2D eigenvalue weighted by Gasteiger charge is -2.27. The molecule has 1 aromatic rings. The first-order chi connectivity index (χ1) is 12.2. The minimum Gasteiger partial charge on any atom is -0.355 e. The molecule has 2 fully saturated rings. The van der Waals surface area contributed by atoms with E-state index in [0.29, 0.717) is 6.04 Å². The Morgan fingerprint density at radius 3 is 2.73 bits per heavy atom. The first kappa shape index (κ1) is 20.1. The number of nitrogens with zero attached hydrogens (tertiary/aromatic N) is 3. The van der Waals surface area contributed by atoms with Crippen molar-refractivity contribution in [1.82, 2.24) is 15.1 Å². The van der Waals surface area contributed by atoms with Gasteiger partial charge in [0.15, 0.2) is 5.96 Å². The van der Waals surface area contributed by atoms with Gasteiger partial charge in [-0.15, -0.1) is 24.0 Å². The van der Waals surface area contributed by atoms with E-state index in [2.05, 4.69) is 72.5 Å². The second-order valence-electron chi connectivity index (χ2n) is 7.51. The number of halogens is 2. The third-order valence-electron chi connectivity index (χ3n) is 5.91. The summed E-state index contributed by atoms with van der Waals surface area (Å²) in [7, 11) is 1.91. The van der Waals surface area contributed by atoms with Crippen LogP contribution in [0.3, 0.4) is 0 Å². The Hall–Kier alpha value is -0.600. The van der Waals surface area contributed by atoms with Gasteiger partial charge in [0.05, 0.1) is 0 Å². The molecule has 2 heterocycles. The fraction of sp³-hybridized carbons (Fsp3) is 0.550. The van der Waals surface area contributed by atoms with Crippen LogP contribution in [0.4, 0.5) is 0 Å². The van der Waals surface area contributed by atoms with E-state index >= 15 is 0 Å². The van der Waals surface area contributed by atoms with Gasteiger partial charge < -0.3 is 10.2 Å². The molecule has 142 valence electrons. The highest BCUT2D eigenvalue weighted by Crippen LogP contribution is 2.48. The smallest absolute Gasteiger partial charge is 0.193 e.